The van der Waals surface area contributed by atoms with Crippen LogP contribution < -0.4 is 10.1 Å². The molecule has 2 aromatic rings. The van der Waals surface area contributed by atoms with Gasteiger partial charge in [-0.2, -0.15) is 4.31 Å². The highest BCUT2D eigenvalue weighted by Crippen LogP contribution is 2.28. The first kappa shape index (κ1) is 23.9. The number of carbonyl (C=O) groups is 1. The molecule has 30 heavy (non-hydrogen) atoms. The van der Waals surface area contributed by atoms with E-state index in [1.165, 1.54) is 16.4 Å². The van der Waals surface area contributed by atoms with Gasteiger partial charge >= 0.3 is 0 Å². The third kappa shape index (κ3) is 5.61. The smallest absolute Gasteiger partial charge is 0.265 e. The Morgan fingerprint density at radius 3 is 2.17 bits per heavy atom. The first-order valence-corrected chi connectivity index (χ1v) is 11.7. The predicted molar refractivity (Wildman–Crippen MR) is 121 cm³/mol. The quantitative estimate of drug-likeness (QED) is 0.630. The fourth-order valence-corrected chi connectivity index (χ4v) is 4.59. The zero-order valence-electron chi connectivity index (χ0n) is 18.6. The molecule has 1 amide bonds. The van der Waals surface area contributed by atoms with Crippen molar-refractivity contribution in [3.8, 4) is 5.75 Å². The van der Waals surface area contributed by atoms with E-state index in [4.69, 9.17) is 4.74 Å². The summed E-state index contributed by atoms with van der Waals surface area (Å²) in [7, 11) is -3.52. The number of benzene rings is 2. The van der Waals surface area contributed by atoms with Crippen molar-refractivity contribution >= 4 is 21.6 Å². The van der Waals surface area contributed by atoms with Gasteiger partial charge < -0.3 is 10.1 Å². The topological polar surface area (TPSA) is 75.7 Å². The molecule has 1 unspecified atom stereocenters. The minimum absolute atomic E-state index is 0.204. The van der Waals surface area contributed by atoms with Crippen LogP contribution in [0.25, 0.3) is 0 Å². The van der Waals surface area contributed by atoms with E-state index in [-0.39, 0.29) is 16.7 Å². The fourth-order valence-electron chi connectivity index (χ4n) is 3.13. The number of hydrogen-bond acceptors (Lipinski definition) is 4. The normalized spacial score (nSPS) is 12.8. The lowest BCUT2D eigenvalue weighted by Crippen LogP contribution is -2.31. The van der Waals surface area contributed by atoms with E-state index in [1.807, 2.05) is 25.1 Å². The Morgan fingerprint density at radius 1 is 1.03 bits per heavy atom. The van der Waals surface area contributed by atoms with Crippen molar-refractivity contribution < 1.29 is 17.9 Å². The molecular weight excluding hydrogens is 400 g/mol. The average Bonchev–Trinajstić information content (AvgIpc) is 2.68. The molecule has 0 saturated carbocycles. The molecule has 0 aliphatic heterocycles. The number of aryl methyl sites for hydroxylation is 1. The van der Waals surface area contributed by atoms with E-state index < -0.39 is 16.1 Å². The first-order valence-electron chi connectivity index (χ1n) is 10.3. The van der Waals surface area contributed by atoms with Gasteiger partial charge in [-0.3, -0.25) is 4.79 Å². The second-order valence-corrected chi connectivity index (χ2v) is 9.50. The van der Waals surface area contributed by atoms with Crippen molar-refractivity contribution in [2.75, 3.05) is 18.4 Å². The number of ether oxygens (including phenoxy) is 1. The van der Waals surface area contributed by atoms with Gasteiger partial charge in [0, 0.05) is 18.8 Å². The number of nitrogens with one attached hydrogen (secondary N) is 1. The molecule has 0 fully saturated rings. The van der Waals surface area contributed by atoms with E-state index in [9.17, 15) is 13.2 Å². The maximum atomic E-state index is 12.6. The summed E-state index contributed by atoms with van der Waals surface area (Å²) in [5, 5.41) is 2.79. The van der Waals surface area contributed by atoms with Gasteiger partial charge in [0.2, 0.25) is 10.0 Å². The molecular formula is C23H32N2O4S. The zero-order valence-corrected chi connectivity index (χ0v) is 19.4. The summed E-state index contributed by atoms with van der Waals surface area (Å²) in [6.45, 7) is 12.3. The van der Waals surface area contributed by atoms with Gasteiger partial charge in [0.05, 0.1) is 4.90 Å². The maximum Gasteiger partial charge on any atom is 0.265 e. The van der Waals surface area contributed by atoms with Gasteiger partial charge in [-0.05, 0) is 61.2 Å². The Kier molecular flexibility index (Phi) is 8.03. The van der Waals surface area contributed by atoms with Crippen LogP contribution in [0, 0.1) is 6.92 Å². The number of carbonyl (C=O) groups excluding carboxylic acids is 1. The summed E-state index contributed by atoms with van der Waals surface area (Å²) in [6.07, 6.45) is -0.705. The molecule has 2 rings (SSSR count). The molecule has 0 aromatic heterocycles. The van der Waals surface area contributed by atoms with E-state index >= 15 is 0 Å². The molecule has 0 aliphatic rings. The SMILES string of the molecule is CCN(CC)S(=O)(=O)c1ccc(NC(=O)C(C)Oc2cc(C)ccc2C(C)C)cc1. The molecule has 0 spiro atoms. The summed E-state index contributed by atoms with van der Waals surface area (Å²) in [4.78, 5) is 12.8. The molecule has 0 radical (unpaired) electrons. The van der Waals surface area contributed by atoms with Gasteiger partial charge in [0.25, 0.3) is 5.91 Å². The van der Waals surface area contributed by atoms with Crippen molar-refractivity contribution in [2.24, 2.45) is 0 Å². The average molecular weight is 433 g/mol. The zero-order chi connectivity index (χ0) is 22.5. The van der Waals surface area contributed by atoms with E-state index in [0.29, 0.717) is 24.5 Å². The maximum absolute atomic E-state index is 12.6. The molecule has 6 nitrogen and oxygen atoms in total. The van der Waals surface area contributed by atoms with Crippen LogP contribution in [0.2, 0.25) is 0 Å². The van der Waals surface area contributed by atoms with Gasteiger partial charge in [-0.15, -0.1) is 0 Å². The van der Waals surface area contributed by atoms with Crippen LogP contribution >= 0.6 is 0 Å². The van der Waals surface area contributed by atoms with Crippen LogP contribution in [0.3, 0.4) is 0 Å². The van der Waals surface area contributed by atoms with Crippen LogP contribution in [0.5, 0.6) is 5.75 Å². The second-order valence-electron chi connectivity index (χ2n) is 7.56. The van der Waals surface area contributed by atoms with Crippen molar-refractivity contribution in [1.82, 2.24) is 4.31 Å². The molecule has 0 saturated heterocycles. The lowest BCUT2D eigenvalue weighted by Gasteiger charge is -2.20. The molecule has 0 aliphatic carbocycles. The number of anilines is 1. The van der Waals surface area contributed by atoms with Crippen LogP contribution in [0.1, 0.15) is 51.7 Å². The molecule has 0 bridgehead atoms. The highest BCUT2D eigenvalue weighted by Gasteiger charge is 2.22. The molecule has 2 aromatic carbocycles. The van der Waals surface area contributed by atoms with Crippen molar-refractivity contribution in [2.45, 2.75) is 58.5 Å². The lowest BCUT2D eigenvalue weighted by atomic mass is 10.0. The summed E-state index contributed by atoms with van der Waals surface area (Å²) in [5.41, 5.74) is 2.63. The Morgan fingerprint density at radius 2 is 1.63 bits per heavy atom. The van der Waals surface area contributed by atoms with Gasteiger partial charge in [-0.25, -0.2) is 8.42 Å². The summed E-state index contributed by atoms with van der Waals surface area (Å²) >= 11 is 0. The lowest BCUT2D eigenvalue weighted by molar-refractivity contribution is -0.122. The van der Waals surface area contributed by atoms with Crippen molar-refractivity contribution in [3.63, 3.8) is 0 Å². The number of nitrogens with zero attached hydrogens (tertiary/aromatic N) is 1. The largest absolute Gasteiger partial charge is 0.481 e. The van der Waals surface area contributed by atoms with Crippen molar-refractivity contribution in [3.05, 3.63) is 53.6 Å². The number of rotatable bonds is 9. The van der Waals surface area contributed by atoms with E-state index in [0.717, 1.165) is 11.1 Å². The van der Waals surface area contributed by atoms with Crippen LogP contribution in [0.15, 0.2) is 47.4 Å². The third-order valence-electron chi connectivity index (χ3n) is 4.93. The third-order valence-corrected chi connectivity index (χ3v) is 6.99. The molecule has 7 heteroatoms. The Bertz CT molecular complexity index is 965. The van der Waals surface area contributed by atoms with Crippen LogP contribution in [-0.4, -0.2) is 37.8 Å². The standard InChI is InChI=1S/C23H32N2O4S/c1-7-25(8-2)30(27,28)20-12-10-19(11-13-20)24-23(26)18(6)29-22-15-17(5)9-14-21(22)16(3)4/h9-16,18H,7-8H2,1-6H3,(H,24,26). The minimum Gasteiger partial charge on any atom is -0.481 e. The van der Waals surface area contributed by atoms with Crippen LogP contribution in [-0.2, 0) is 14.8 Å². The Balaban J connectivity index is 2.11. The first-order chi connectivity index (χ1) is 14.1. The molecule has 0 heterocycles. The Labute approximate surface area is 180 Å². The summed E-state index contributed by atoms with van der Waals surface area (Å²) in [6, 6.07) is 12.2. The Hall–Kier alpha value is -2.38. The van der Waals surface area contributed by atoms with Crippen LogP contribution in [0.4, 0.5) is 5.69 Å². The molecule has 164 valence electrons. The summed E-state index contributed by atoms with van der Waals surface area (Å²) < 4.78 is 32.5. The van der Waals surface area contributed by atoms with Gasteiger partial charge in [0.1, 0.15) is 5.75 Å². The highest BCUT2D eigenvalue weighted by molar-refractivity contribution is 7.89. The molecule has 1 N–H and O–H groups in total. The number of hydrogen-bond donors (Lipinski definition) is 1. The fraction of sp³-hybridized carbons (Fsp3) is 0.435. The highest BCUT2D eigenvalue weighted by atomic mass is 32.2. The second kappa shape index (κ2) is 10.1. The van der Waals surface area contributed by atoms with E-state index in [2.05, 4.69) is 19.2 Å². The predicted octanol–water partition coefficient (Wildman–Crippen LogP) is 4.55. The summed E-state index contributed by atoms with van der Waals surface area (Å²) in [5.74, 6) is 0.676. The minimum atomic E-state index is -3.52. The van der Waals surface area contributed by atoms with Gasteiger partial charge in [0.15, 0.2) is 6.10 Å². The van der Waals surface area contributed by atoms with Gasteiger partial charge in [-0.1, -0.05) is 39.8 Å². The monoisotopic (exact) mass is 432 g/mol. The van der Waals surface area contributed by atoms with Crippen molar-refractivity contribution in [1.29, 1.82) is 0 Å². The number of sulfonamides is 1. The van der Waals surface area contributed by atoms with E-state index in [1.54, 1.807) is 32.9 Å². The number of amides is 1. The molecule has 1 atom stereocenters.